The van der Waals surface area contributed by atoms with Crippen LogP contribution in [0.25, 0.3) is 0 Å². The van der Waals surface area contributed by atoms with E-state index in [1.165, 1.54) is 32.7 Å². The molecule has 25 heavy (non-hydrogen) atoms. The predicted molar refractivity (Wildman–Crippen MR) is 105 cm³/mol. The van der Waals surface area contributed by atoms with Gasteiger partial charge in [0.15, 0.2) is 0 Å². The van der Waals surface area contributed by atoms with Crippen molar-refractivity contribution in [3.63, 3.8) is 0 Å². The molecule has 0 radical (unpaired) electrons. The first-order chi connectivity index (χ1) is 11.6. The molecular weight excluding hydrogens is 312 g/mol. The van der Waals surface area contributed by atoms with E-state index in [9.17, 15) is 0 Å². The Hall–Kier alpha value is -0.160. The Labute approximate surface area is 156 Å². The van der Waals surface area contributed by atoms with Crippen LogP contribution in [0.1, 0.15) is 73.6 Å². The molecule has 0 aromatic carbocycles. The maximum atomic E-state index is 6.14. The highest BCUT2D eigenvalue weighted by Gasteiger charge is 2.27. The lowest BCUT2D eigenvalue weighted by Crippen LogP contribution is -2.53. The van der Waals surface area contributed by atoms with Crippen LogP contribution in [0.5, 0.6) is 0 Å². The SMILES string of the molecule is CC(C)(C)OC1CCC(OCCCN2CCN(C(C)(C)C)CC2)CC1. The number of hydrogen-bond acceptors (Lipinski definition) is 4. The topological polar surface area (TPSA) is 24.9 Å². The third kappa shape index (κ3) is 7.94. The van der Waals surface area contributed by atoms with Crippen LogP contribution >= 0.6 is 0 Å². The van der Waals surface area contributed by atoms with Crippen molar-refractivity contribution in [1.29, 1.82) is 0 Å². The van der Waals surface area contributed by atoms with Crippen molar-refractivity contribution in [3.8, 4) is 0 Å². The largest absolute Gasteiger partial charge is 0.378 e. The Balaban J connectivity index is 1.52. The second-order valence-electron chi connectivity index (χ2n) is 9.85. The van der Waals surface area contributed by atoms with Gasteiger partial charge in [-0.3, -0.25) is 4.90 Å². The van der Waals surface area contributed by atoms with Crippen molar-refractivity contribution in [2.75, 3.05) is 39.3 Å². The Morgan fingerprint density at radius 3 is 1.88 bits per heavy atom. The van der Waals surface area contributed by atoms with E-state index in [1.54, 1.807) is 0 Å². The summed E-state index contributed by atoms with van der Waals surface area (Å²) in [6.45, 7) is 20.3. The minimum atomic E-state index is -0.0185. The van der Waals surface area contributed by atoms with Crippen LogP contribution in [0.2, 0.25) is 0 Å². The van der Waals surface area contributed by atoms with E-state index in [0.29, 0.717) is 17.7 Å². The van der Waals surface area contributed by atoms with E-state index in [2.05, 4.69) is 51.3 Å². The molecule has 2 rings (SSSR count). The molecule has 2 aliphatic rings. The number of rotatable bonds is 6. The molecule has 1 aliphatic carbocycles. The molecule has 1 aliphatic heterocycles. The summed E-state index contributed by atoms with van der Waals surface area (Å²) < 4.78 is 12.2. The summed E-state index contributed by atoms with van der Waals surface area (Å²) in [5.41, 5.74) is 0.292. The predicted octanol–water partition coefficient (Wildman–Crippen LogP) is 3.94. The van der Waals surface area contributed by atoms with Gasteiger partial charge in [0.05, 0.1) is 17.8 Å². The van der Waals surface area contributed by atoms with Crippen molar-refractivity contribution in [2.24, 2.45) is 0 Å². The average molecular weight is 355 g/mol. The molecule has 0 N–H and O–H groups in total. The molecule has 0 aromatic heterocycles. The zero-order chi connectivity index (χ0) is 18.5. The fraction of sp³-hybridized carbons (Fsp3) is 1.00. The van der Waals surface area contributed by atoms with Crippen LogP contribution in [0.3, 0.4) is 0 Å². The molecule has 0 bridgehead atoms. The molecule has 2 fully saturated rings. The second-order valence-corrected chi connectivity index (χ2v) is 9.85. The Morgan fingerprint density at radius 1 is 0.800 bits per heavy atom. The summed E-state index contributed by atoms with van der Waals surface area (Å²) in [4.78, 5) is 5.19. The Morgan fingerprint density at radius 2 is 1.36 bits per heavy atom. The maximum absolute atomic E-state index is 6.14. The minimum absolute atomic E-state index is 0.0185. The van der Waals surface area contributed by atoms with Gasteiger partial charge < -0.3 is 14.4 Å². The molecule has 1 saturated carbocycles. The van der Waals surface area contributed by atoms with Crippen molar-refractivity contribution < 1.29 is 9.47 Å². The molecular formula is C21H42N2O2. The summed E-state index contributed by atoms with van der Waals surface area (Å²) in [7, 11) is 0. The smallest absolute Gasteiger partial charge is 0.0602 e. The molecule has 0 amide bonds. The first-order valence-electron chi connectivity index (χ1n) is 10.4. The van der Waals surface area contributed by atoms with E-state index < -0.39 is 0 Å². The first kappa shape index (κ1) is 21.1. The van der Waals surface area contributed by atoms with E-state index >= 15 is 0 Å². The first-order valence-corrected chi connectivity index (χ1v) is 10.4. The fourth-order valence-electron chi connectivity index (χ4n) is 4.00. The number of piperazine rings is 1. The Kier molecular flexibility index (Phi) is 7.75. The third-order valence-corrected chi connectivity index (χ3v) is 5.43. The van der Waals surface area contributed by atoms with Gasteiger partial charge in [-0.2, -0.15) is 0 Å². The van der Waals surface area contributed by atoms with Gasteiger partial charge in [-0.25, -0.2) is 0 Å². The lowest BCUT2D eigenvalue weighted by molar-refractivity contribution is -0.0936. The third-order valence-electron chi connectivity index (χ3n) is 5.43. The lowest BCUT2D eigenvalue weighted by atomic mass is 9.94. The van der Waals surface area contributed by atoms with E-state index in [4.69, 9.17) is 9.47 Å². The van der Waals surface area contributed by atoms with Crippen LogP contribution in [0.4, 0.5) is 0 Å². The fourth-order valence-corrected chi connectivity index (χ4v) is 4.00. The van der Waals surface area contributed by atoms with Crippen LogP contribution in [0, 0.1) is 0 Å². The van der Waals surface area contributed by atoms with E-state index in [0.717, 1.165) is 38.7 Å². The lowest BCUT2D eigenvalue weighted by Gasteiger charge is -2.42. The van der Waals surface area contributed by atoms with Crippen LogP contribution in [-0.2, 0) is 9.47 Å². The van der Waals surface area contributed by atoms with Gasteiger partial charge in [0.2, 0.25) is 0 Å². The zero-order valence-electron chi connectivity index (χ0n) is 17.6. The van der Waals surface area contributed by atoms with Gasteiger partial charge >= 0.3 is 0 Å². The van der Waals surface area contributed by atoms with E-state index in [1.807, 2.05) is 0 Å². The van der Waals surface area contributed by atoms with Gasteiger partial charge in [-0.1, -0.05) is 0 Å². The van der Waals surface area contributed by atoms with Crippen LogP contribution in [-0.4, -0.2) is 72.5 Å². The summed E-state index contributed by atoms with van der Waals surface area (Å²) in [6.07, 6.45) is 6.66. The molecule has 4 heteroatoms. The molecule has 148 valence electrons. The summed E-state index contributed by atoms with van der Waals surface area (Å²) >= 11 is 0. The van der Waals surface area contributed by atoms with E-state index in [-0.39, 0.29) is 5.60 Å². The van der Waals surface area contributed by atoms with Crippen LogP contribution < -0.4 is 0 Å². The molecule has 0 spiro atoms. The molecule has 0 atom stereocenters. The van der Waals surface area contributed by atoms with Crippen molar-refractivity contribution in [2.45, 2.75) is 97.0 Å². The zero-order valence-corrected chi connectivity index (χ0v) is 17.6. The van der Waals surface area contributed by atoms with Gasteiger partial charge in [-0.05, 0) is 73.6 Å². The highest BCUT2D eigenvalue weighted by atomic mass is 16.5. The highest BCUT2D eigenvalue weighted by molar-refractivity contribution is 4.82. The van der Waals surface area contributed by atoms with Gasteiger partial charge in [0.1, 0.15) is 0 Å². The van der Waals surface area contributed by atoms with Gasteiger partial charge in [0.25, 0.3) is 0 Å². The molecule has 0 aromatic rings. The van der Waals surface area contributed by atoms with Gasteiger partial charge in [-0.15, -0.1) is 0 Å². The summed E-state index contributed by atoms with van der Waals surface area (Å²) in [5.74, 6) is 0. The summed E-state index contributed by atoms with van der Waals surface area (Å²) in [5, 5.41) is 0. The quantitative estimate of drug-likeness (QED) is 0.675. The standard InChI is InChI=1S/C21H42N2O2/c1-20(2,3)23-15-13-22(14-16-23)12-7-17-24-18-8-10-19(11-9-18)25-21(4,5)6/h18-19H,7-17H2,1-6H3. The number of hydrogen-bond donors (Lipinski definition) is 0. The maximum Gasteiger partial charge on any atom is 0.0602 e. The van der Waals surface area contributed by atoms with Crippen LogP contribution in [0.15, 0.2) is 0 Å². The monoisotopic (exact) mass is 354 g/mol. The average Bonchev–Trinajstić information content (AvgIpc) is 2.51. The van der Waals surface area contributed by atoms with Crippen molar-refractivity contribution in [3.05, 3.63) is 0 Å². The normalized spacial score (nSPS) is 27.6. The minimum Gasteiger partial charge on any atom is -0.378 e. The second kappa shape index (κ2) is 9.16. The van der Waals surface area contributed by atoms with Crippen molar-refractivity contribution in [1.82, 2.24) is 9.80 Å². The summed E-state index contributed by atoms with van der Waals surface area (Å²) in [6, 6.07) is 0. The number of nitrogens with zero attached hydrogens (tertiary/aromatic N) is 2. The van der Waals surface area contributed by atoms with Gasteiger partial charge in [0, 0.05) is 44.9 Å². The highest BCUT2D eigenvalue weighted by Crippen LogP contribution is 2.27. The molecule has 1 saturated heterocycles. The molecule has 0 unspecified atom stereocenters. The molecule has 4 nitrogen and oxygen atoms in total. The van der Waals surface area contributed by atoms with Crippen molar-refractivity contribution >= 4 is 0 Å². The Bertz CT molecular complexity index is 370. The number of ether oxygens (including phenoxy) is 2. The molecule has 1 heterocycles.